The van der Waals surface area contributed by atoms with Crippen LogP contribution in [0.15, 0.2) is 76.7 Å². The van der Waals surface area contributed by atoms with E-state index in [0.29, 0.717) is 54.0 Å². The van der Waals surface area contributed by atoms with E-state index in [1.54, 1.807) is 24.3 Å². The fraction of sp³-hybridized carbons (Fsp3) is 0.429. The monoisotopic (exact) mass is 783 g/mol. The van der Waals surface area contributed by atoms with Crippen LogP contribution in [0.25, 0.3) is 22.9 Å². The van der Waals surface area contributed by atoms with Crippen LogP contribution >= 0.6 is 0 Å². The van der Waals surface area contributed by atoms with Crippen LogP contribution in [0.4, 0.5) is 0 Å². The van der Waals surface area contributed by atoms with Gasteiger partial charge in [0.2, 0.25) is 0 Å². The zero-order valence-electron chi connectivity index (χ0n) is 33.5. The van der Waals surface area contributed by atoms with Gasteiger partial charge in [-0.25, -0.2) is 0 Å². The van der Waals surface area contributed by atoms with E-state index in [-0.39, 0.29) is 50.9 Å². The van der Waals surface area contributed by atoms with E-state index in [0.717, 1.165) is 56.3 Å². The second-order valence-electron chi connectivity index (χ2n) is 17.1. The predicted octanol–water partition coefficient (Wildman–Crippen LogP) is 9.13. The van der Waals surface area contributed by atoms with E-state index in [1.165, 1.54) is 55.0 Å². The highest BCUT2D eigenvalue weighted by molar-refractivity contribution is 6.34. The third kappa shape index (κ3) is 7.28. The Morgan fingerprint density at radius 1 is 0.810 bits per heavy atom. The number of fused-ring (bicyclic) bond motifs is 1. The van der Waals surface area contributed by atoms with E-state index in [9.17, 15) is 30.6 Å². The van der Waals surface area contributed by atoms with Crippen molar-refractivity contribution in [3.8, 4) is 28.7 Å². The molecule has 3 aliphatic carbocycles. The highest BCUT2D eigenvalue weighted by atomic mass is 16.3. The quantitative estimate of drug-likeness (QED) is 0.0291. The molecule has 9 nitrogen and oxygen atoms in total. The summed E-state index contributed by atoms with van der Waals surface area (Å²) in [6, 6.07) is 16.2. The standard InChI is InChI=1S/C49H57N3O6/c1-2-3-4-8-33-25-31(14-19-38-36(18-13-32-15-20-39(53)42(56)26-32)37-10-5-11-40(54)44(37)46(58)45(38)57)12-16-34(33)27-50-29-49(43-28-51-30-52-43)24-7-23-48-22-6-9-35(48)17-21-41(55)47(48)49/h5,10-13,15-18,20-21,25-26,28,35,41,47,50,53-58H,2-4,6-9,14,19,22-24,27,29-30H2,1H3/t35-,41+,47-,48+,49-/m1/s1. The summed E-state index contributed by atoms with van der Waals surface area (Å²) < 4.78 is 0. The van der Waals surface area contributed by atoms with Crippen LogP contribution in [0.3, 0.4) is 0 Å². The number of aromatic hydroxyl groups is 5. The summed E-state index contributed by atoms with van der Waals surface area (Å²) in [5.74, 6) is -0.603. The van der Waals surface area contributed by atoms with Crippen molar-refractivity contribution < 1.29 is 30.6 Å². The van der Waals surface area contributed by atoms with Gasteiger partial charge >= 0.3 is 0 Å². The van der Waals surface area contributed by atoms with E-state index >= 15 is 0 Å². The minimum absolute atomic E-state index is 0.108. The molecule has 9 heteroatoms. The van der Waals surface area contributed by atoms with Crippen molar-refractivity contribution in [3.63, 3.8) is 0 Å². The van der Waals surface area contributed by atoms with Gasteiger partial charge in [0.25, 0.3) is 0 Å². The molecule has 1 spiro atoms. The molecule has 0 amide bonds. The van der Waals surface area contributed by atoms with Gasteiger partial charge in [-0.3, -0.25) is 9.98 Å². The van der Waals surface area contributed by atoms with Gasteiger partial charge in [0.1, 0.15) is 12.4 Å². The lowest BCUT2D eigenvalue weighted by molar-refractivity contribution is -0.0761. The minimum Gasteiger partial charge on any atom is -0.507 e. The van der Waals surface area contributed by atoms with Gasteiger partial charge < -0.3 is 36.0 Å². The summed E-state index contributed by atoms with van der Waals surface area (Å²) in [7, 11) is 0. The molecule has 0 unspecified atom stereocenters. The molecule has 2 saturated carbocycles. The Kier molecular flexibility index (Phi) is 11.4. The molecular formula is C49H57N3O6. The Morgan fingerprint density at radius 3 is 2.48 bits per heavy atom. The number of hydrogen-bond acceptors (Lipinski definition) is 9. The molecule has 0 saturated heterocycles. The number of rotatable bonds is 14. The maximum Gasteiger partial charge on any atom is 0.169 e. The van der Waals surface area contributed by atoms with E-state index in [1.807, 2.05) is 12.3 Å². The first kappa shape index (κ1) is 39.7. The molecule has 58 heavy (non-hydrogen) atoms. The van der Waals surface area contributed by atoms with Gasteiger partial charge in [0.15, 0.2) is 23.0 Å². The molecule has 8 rings (SSSR count). The van der Waals surface area contributed by atoms with Crippen molar-refractivity contribution in [2.24, 2.45) is 32.7 Å². The van der Waals surface area contributed by atoms with Crippen LogP contribution in [0.5, 0.6) is 28.7 Å². The highest BCUT2D eigenvalue weighted by Crippen LogP contribution is 2.64. The number of nitrogens with zero attached hydrogens (tertiary/aromatic N) is 2. The number of phenolic OH excluding ortho intramolecular Hbond substituents is 5. The number of aliphatic imine (C=N–C) groups is 2. The lowest BCUT2D eigenvalue weighted by Crippen LogP contribution is -2.60. The first-order valence-electron chi connectivity index (χ1n) is 21.3. The third-order valence-corrected chi connectivity index (χ3v) is 13.9. The third-order valence-electron chi connectivity index (χ3n) is 13.9. The molecule has 4 aromatic carbocycles. The zero-order valence-corrected chi connectivity index (χ0v) is 33.5. The van der Waals surface area contributed by atoms with Crippen molar-refractivity contribution >= 4 is 34.9 Å². The Bertz CT molecular complexity index is 2300. The van der Waals surface area contributed by atoms with E-state index < -0.39 is 6.10 Å². The maximum absolute atomic E-state index is 11.7. The van der Waals surface area contributed by atoms with Gasteiger partial charge in [-0.05, 0) is 114 Å². The average Bonchev–Trinajstić information content (AvgIpc) is 3.91. The molecule has 7 N–H and O–H groups in total. The van der Waals surface area contributed by atoms with Gasteiger partial charge in [-0.15, -0.1) is 0 Å². The molecule has 2 fully saturated rings. The first-order valence-corrected chi connectivity index (χ1v) is 21.3. The number of nitrogens with one attached hydrogen (secondary N) is 1. The zero-order chi connectivity index (χ0) is 40.4. The molecule has 0 bridgehead atoms. The number of allylic oxidation sites excluding steroid dienone is 1. The topological polar surface area (TPSA) is 158 Å². The molecule has 1 heterocycles. The van der Waals surface area contributed by atoms with Crippen LogP contribution in [0, 0.1) is 22.7 Å². The normalized spacial score (nSPS) is 25.1. The lowest BCUT2D eigenvalue weighted by Gasteiger charge is -2.58. The number of hydrogen-bond donors (Lipinski definition) is 7. The number of aryl methyl sites for hydroxylation is 2. The minimum atomic E-state index is -0.496. The van der Waals surface area contributed by atoms with Crippen LogP contribution in [0.2, 0.25) is 0 Å². The number of aliphatic hydroxyl groups excluding tert-OH is 1. The van der Waals surface area contributed by atoms with Crippen LogP contribution in [-0.2, 0) is 25.8 Å². The van der Waals surface area contributed by atoms with Crippen LogP contribution in [0.1, 0.15) is 98.1 Å². The fourth-order valence-electron chi connectivity index (χ4n) is 11.2. The SMILES string of the molecule is CCCCCc1cc(CCc2c(O)c(O)c3c(O)cccc3c2C=Cc2ccc(O)c(O)c2)ccc1CNC[C@@]1(C2=NCN=C2)CCC[C@@]23CCC[C@@H]2C=C[C@H](O)[C@@H]13. The molecule has 4 aliphatic rings. The molecule has 5 atom stereocenters. The second kappa shape index (κ2) is 16.6. The van der Waals surface area contributed by atoms with Crippen molar-refractivity contribution in [1.29, 1.82) is 0 Å². The second-order valence-corrected chi connectivity index (χ2v) is 17.1. The number of aliphatic hydroxyl groups is 1. The van der Waals surface area contributed by atoms with Gasteiger partial charge in [0.05, 0.1) is 17.2 Å². The van der Waals surface area contributed by atoms with Gasteiger partial charge in [-0.2, -0.15) is 0 Å². The first-order chi connectivity index (χ1) is 28.1. The number of benzene rings is 4. The van der Waals surface area contributed by atoms with E-state index in [4.69, 9.17) is 4.99 Å². The van der Waals surface area contributed by atoms with E-state index in [2.05, 4.69) is 47.6 Å². The summed E-state index contributed by atoms with van der Waals surface area (Å²) in [5, 5.41) is 69.6. The van der Waals surface area contributed by atoms with Crippen molar-refractivity contribution in [2.75, 3.05) is 13.2 Å². The molecule has 0 radical (unpaired) electrons. The summed E-state index contributed by atoms with van der Waals surface area (Å²) >= 11 is 0. The summed E-state index contributed by atoms with van der Waals surface area (Å²) in [5.41, 5.74) is 6.39. The molecule has 0 aromatic heterocycles. The molecule has 4 aromatic rings. The Balaban J connectivity index is 1.06. The molecular weight excluding hydrogens is 727 g/mol. The Morgan fingerprint density at radius 2 is 1.67 bits per heavy atom. The lowest BCUT2D eigenvalue weighted by atomic mass is 9.47. The van der Waals surface area contributed by atoms with Crippen molar-refractivity contribution in [2.45, 2.75) is 96.6 Å². The largest absolute Gasteiger partial charge is 0.507 e. The fourth-order valence-corrected chi connectivity index (χ4v) is 11.2. The number of unbranched alkanes of at least 4 members (excludes halogenated alkanes) is 2. The predicted molar refractivity (Wildman–Crippen MR) is 232 cm³/mol. The van der Waals surface area contributed by atoms with Gasteiger partial charge in [-0.1, -0.05) is 93.3 Å². The highest BCUT2D eigenvalue weighted by Gasteiger charge is 2.62. The maximum atomic E-state index is 11.7. The van der Waals surface area contributed by atoms with Gasteiger partial charge in [0, 0.05) is 36.2 Å². The Hall–Kier alpha value is -5.12. The Labute approximate surface area is 341 Å². The molecule has 1 aliphatic heterocycles. The summed E-state index contributed by atoms with van der Waals surface area (Å²) in [6.07, 6.45) is 21.6. The summed E-state index contributed by atoms with van der Waals surface area (Å²) in [6.45, 7) is 4.12. The molecule has 304 valence electrons. The van der Waals surface area contributed by atoms with Crippen LogP contribution < -0.4 is 5.32 Å². The average molecular weight is 784 g/mol. The number of phenols is 5. The van der Waals surface area contributed by atoms with Crippen molar-refractivity contribution in [1.82, 2.24) is 5.32 Å². The van der Waals surface area contributed by atoms with Crippen molar-refractivity contribution in [3.05, 3.63) is 100 Å². The summed E-state index contributed by atoms with van der Waals surface area (Å²) in [4.78, 5) is 9.49. The van der Waals surface area contributed by atoms with Crippen LogP contribution in [-0.4, -0.2) is 61.9 Å². The smallest absolute Gasteiger partial charge is 0.169 e.